The van der Waals surface area contributed by atoms with E-state index in [4.69, 9.17) is 5.73 Å². The maximum absolute atomic E-state index is 11.6. The van der Waals surface area contributed by atoms with E-state index >= 15 is 0 Å². The van der Waals surface area contributed by atoms with E-state index in [0.717, 1.165) is 17.7 Å². The van der Waals surface area contributed by atoms with Gasteiger partial charge in [0.25, 0.3) is 0 Å². The first-order valence-electron chi connectivity index (χ1n) is 5.63. The number of unbranched alkanes of at least 4 members (excludes halogenated alkanes) is 1. The number of aromatic nitrogens is 1. The van der Waals surface area contributed by atoms with Crippen LogP contribution < -0.4 is 10.5 Å². The van der Waals surface area contributed by atoms with Gasteiger partial charge in [-0.15, -0.1) is 0 Å². The molecule has 0 amide bonds. The Morgan fingerprint density at radius 2 is 2.18 bits per heavy atom. The maximum atomic E-state index is 11.6. The molecule has 0 aliphatic carbocycles. The van der Waals surface area contributed by atoms with Gasteiger partial charge < -0.3 is 5.73 Å². The quantitative estimate of drug-likeness (QED) is 0.698. The lowest BCUT2D eigenvalue weighted by Crippen LogP contribution is -2.27. The molecule has 96 valence electrons. The molecule has 0 aromatic carbocycles. The van der Waals surface area contributed by atoms with E-state index in [2.05, 4.69) is 9.71 Å². The molecule has 3 N–H and O–H groups in total. The minimum absolute atomic E-state index is 0.121. The van der Waals surface area contributed by atoms with Gasteiger partial charge >= 0.3 is 0 Å². The molecule has 0 bridgehead atoms. The molecule has 1 heterocycles. The summed E-state index contributed by atoms with van der Waals surface area (Å²) in [4.78, 5) is 4.13. The van der Waals surface area contributed by atoms with Gasteiger partial charge in [-0.3, -0.25) is 4.98 Å². The van der Waals surface area contributed by atoms with Gasteiger partial charge in [0.2, 0.25) is 10.0 Å². The number of nitrogens with two attached hydrogens (primary N) is 1. The predicted octanol–water partition coefficient (Wildman–Crippen LogP) is 0.548. The van der Waals surface area contributed by atoms with Gasteiger partial charge in [0.05, 0.1) is 18.0 Å². The summed E-state index contributed by atoms with van der Waals surface area (Å²) in [6, 6.07) is 3.74. The first kappa shape index (κ1) is 14.1. The Kier molecular flexibility index (Phi) is 5.54. The summed E-state index contributed by atoms with van der Waals surface area (Å²) in [5.74, 6) is 0.121. The molecule has 0 fully saturated rings. The molecule has 0 spiro atoms. The average Bonchev–Trinajstić information content (AvgIpc) is 2.28. The van der Waals surface area contributed by atoms with Crippen molar-refractivity contribution in [2.45, 2.75) is 26.3 Å². The molecular weight excluding hydrogens is 238 g/mol. The normalized spacial score (nSPS) is 11.6. The smallest absolute Gasteiger partial charge is 0.211 e. The molecule has 0 unspecified atom stereocenters. The van der Waals surface area contributed by atoms with Crippen molar-refractivity contribution in [2.24, 2.45) is 5.73 Å². The SMILES string of the molecule is Cc1cccnc1CNS(=O)(=O)CCCCN. The van der Waals surface area contributed by atoms with E-state index in [0.29, 0.717) is 13.0 Å². The van der Waals surface area contributed by atoms with Gasteiger partial charge in [-0.05, 0) is 37.9 Å². The molecule has 6 heteroatoms. The van der Waals surface area contributed by atoms with E-state index in [1.54, 1.807) is 6.20 Å². The largest absolute Gasteiger partial charge is 0.330 e. The van der Waals surface area contributed by atoms with Crippen molar-refractivity contribution in [3.8, 4) is 0 Å². The highest BCUT2D eigenvalue weighted by Crippen LogP contribution is 2.03. The van der Waals surface area contributed by atoms with E-state index < -0.39 is 10.0 Å². The Labute approximate surface area is 102 Å². The zero-order valence-corrected chi connectivity index (χ0v) is 10.8. The third kappa shape index (κ3) is 5.25. The lowest BCUT2D eigenvalue weighted by atomic mass is 10.2. The van der Waals surface area contributed by atoms with Crippen molar-refractivity contribution in [2.75, 3.05) is 12.3 Å². The molecule has 0 saturated heterocycles. The van der Waals surface area contributed by atoms with Crippen molar-refractivity contribution in [1.82, 2.24) is 9.71 Å². The van der Waals surface area contributed by atoms with Crippen molar-refractivity contribution < 1.29 is 8.42 Å². The van der Waals surface area contributed by atoms with Crippen molar-refractivity contribution in [3.05, 3.63) is 29.6 Å². The molecule has 0 atom stereocenters. The van der Waals surface area contributed by atoms with Crippen molar-refractivity contribution >= 4 is 10.0 Å². The van der Waals surface area contributed by atoms with Crippen LogP contribution in [0.1, 0.15) is 24.1 Å². The minimum atomic E-state index is -3.21. The number of hydrogen-bond donors (Lipinski definition) is 2. The van der Waals surface area contributed by atoms with Gasteiger partial charge in [-0.2, -0.15) is 0 Å². The van der Waals surface area contributed by atoms with Gasteiger partial charge in [0, 0.05) is 6.20 Å². The molecule has 0 saturated carbocycles. The van der Waals surface area contributed by atoms with Crippen LogP contribution in [-0.2, 0) is 16.6 Å². The Morgan fingerprint density at radius 3 is 2.82 bits per heavy atom. The van der Waals surface area contributed by atoms with Crippen LogP contribution in [0.25, 0.3) is 0 Å². The fraction of sp³-hybridized carbons (Fsp3) is 0.545. The number of hydrogen-bond acceptors (Lipinski definition) is 4. The molecule has 1 aromatic rings. The number of nitrogens with one attached hydrogen (secondary N) is 1. The van der Waals surface area contributed by atoms with E-state index in [1.807, 2.05) is 19.1 Å². The van der Waals surface area contributed by atoms with Gasteiger partial charge in [0.1, 0.15) is 0 Å². The van der Waals surface area contributed by atoms with Gasteiger partial charge in [0.15, 0.2) is 0 Å². The van der Waals surface area contributed by atoms with Crippen LogP contribution in [0.5, 0.6) is 0 Å². The van der Waals surface area contributed by atoms with Crippen LogP contribution in [0.3, 0.4) is 0 Å². The molecular formula is C11H19N3O2S. The van der Waals surface area contributed by atoms with Gasteiger partial charge in [-0.1, -0.05) is 6.07 Å². The number of pyridine rings is 1. The van der Waals surface area contributed by atoms with Crippen LogP contribution >= 0.6 is 0 Å². The second-order valence-electron chi connectivity index (χ2n) is 3.90. The molecule has 1 aromatic heterocycles. The third-order valence-corrected chi connectivity index (χ3v) is 3.85. The summed E-state index contributed by atoms with van der Waals surface area (Å²) in [6.45, 7) is 2.68. The molecule has 0 aliphatic rings. The highest BCUT2D eigenvalue weighted by atomic mass is 32.2. The van der Waals surface area contributed by atoms with E-state index in [1.165, 1.54) is 0 Å². The van der Waals surface area contributed by atoms with E-state index in [-0.39, 0.29) is 12.3 Å². The van der Waals surface area contributed by atoms with Gasteiger partial charge in [-0.25, -0.2) is 13.1 Å². The summed E-state index contributed by atoms with van der Waals surface area (Å²) in [6.07, 6.45) is 2.97. The van der Waals surface area contributed by atoms with Crippen LogP contribution in [0, 0.1) is 6.92 Å². The predicted molar refractivity (Wildman–Crippen MR) is 67.9 cm³/mol. The van der Waals surface area contributed by atoms with Crippen molar-refractivity contribution in [3.63, 3.8) is 0 Å². The van der Waals surface area contributed by atoms with Crippen LogP contribution in [0.15, 0.2) is 18.3 Å². The van der Waals surface area contributed by atoms with E-state index in [9.17, 15) is 8.42 Å². The summed E-state index contributed by atoms with van der Waals surface area (Å²) in [5.41, 5.74) is 7.06. The van der Waals surface area contributed by atoms with Crippen molar-refractivity contribution in [1.29, 1.82) is 0 Å². The zero-order valence-electron chi connectivity index (χ0n) is 10.0. The number of sulfonamides is 1. The number of nitrogens with zero attached hydrogens (tertiary/aromatic N) is 1. The summed E-state index contributed by atoms with van der Waals surface area (Å²) in [5, 5.41) is 0. The second kappa shape index (κ2) is 6.68. The highest BCUT2D eigenvalue weighted by molar-refractivity contribution is 7.89. The Hall–Kier alpha value is -0.980. The molecule has 0 radical (unpaired) electrons. The second-order valence-corrected chi connectivity index (χ2v) is 5.83. The molecule has 0 aliphatic heterocycles. The minimum Gasteiger partial charge on any atom is -0.330 e. The Balaban J connectivity index is 2.47. The Morgan fingerprint density at radius 1 is 1.41 bits per heavy atom. The fourth-order valence-electron chi connectivity index (χ4n) is 1.39. The Bertz CT molecular complexity index is 446. The lowest BCUT2D eigenvalue weighted by Gasteiger charge is -2.07. The molecule has 5 nitrogen and oxygen atoms in total. The van der Waals surface area contributed by atoms with Crippen LogP contribution in [0.4, 0.5) is 0 Å². The summed E-state index contributed by atoms with van der Waals surface area (Å²) >= 11 is 0. The average molecular weight is 257 g/mol. The third-order valence-electron chi connectivity index (χ3n) is 2.44. The summed E-state index contributed by atoms with van der Waals surface area (Å²) < 4.78 is 25.8. The highest BCUT2D eigenvalue weighted by Gasteiger charge is 2.10. The number of aryl methyl sites for hydroxylation is 1. The number of rotatable bonds is 7. The monoisotopic (exact) mass is 257 g/mol. The maximum Gasteiger partial charge on any atom is 0.211 e. The first-order valence-corrected chi connectivity index (χ1v) is 7.28. The van der Waals surface area contributed by atoms with Crippen LogP contribution in [-0.4, -0.2) is 25.7 Å². The zero-order chi connectivity index (χ0) is 12.7. The summed E-state index contributed by atoms with van der Waals surface area (Å²) in [7, 11) is -3.21. The molecule has 17 heavy (non-hydrogen) atoms. The molecule has 1 rings (SSSR count). The first-order chi connectivity index (χ1) is 8.05. The fourth-order valence-corrected chi connectivity index (χ4v) is 2.48. The van der Waals surface area contributed by atoms with Crippen LogP contribution in [0.2, 0.25) is 0 Å². The topological polar surface area (TPSA) is 85.1 Å². The lowest BCUT2D eigenvalue weighted by molar-refractivity contribution is 0.576. The standard InChI is InChI=1S/C11H19N3O2S/c1-10-5-4-7-13-11(10)9-14-17(15,16)8-3-2-6-12/h4-5,7,14H,2-3,6,8-9,12H2,1H3.